The number of rotatable bonds is 22. The summed E-state index contributed by atoms with van der Waals surface area (Å²) in [5.74, 6) is -5.11. The molecule has 0 bridgehead atoms. The van der Waals surface area contributed by atoms with Gasteiger partial charge in [0.2, 0.25) is 0 Å². The van der Waals surface area contributed by atoms with Crippen LogP contribution in [0, 0.1) is 5.82 Å². The van der Waals surface area contributed by atoms with Gasteiger partial charge in [0.05, 0.1) is 51.1 Å². The zero-order chi connectivity index (χ0) is 47.0. The number of carbonyl (C=O) groups is 6. The van der Waals surface area contributed by atoms with E-state index in [0.29, 0.717) is 24.0 Å². The van der Waals surface area contributed by atoms with E-state index in [1.807, 2.05) is 30.3 Å². The minimum atomic E-state index is -4.88. The molecular formula is C48H48F4O12. The van der Waals surface area contributed by atoms with Crippen molar-refractivity contribution in [3.8, 4) is 33.8 Å². The fraction of sp³-hybridized carbons (Fsp3) is 0.333. The van der Waals surface area contributed by atoms with Gasteiger partial charge in [-0.2, -0.15) is 13.2 Å². The Morgan fingerprint density at radius 1 is 0.578 bits per heavy atom. The Morgan fingerprint density at radius 3 is 1.56 bits per heavy atom. The molecule has 12 nitrogen and oxygen atoms in total. The molecule has 0 saturated heterocycles. The summed E-state index contributed by atoms with van der Waals surface area (Å²) in [6, 6.07) is 21.9. The first-order valence-electron chi connectivity index (χ1n) is 20.3. The van der Waals surface area contributed by atoms with E-state index in [1.54, 1.807) is 51.1 Å². The van der Waals surface area contributed by atoms with Crippen molar-refractivity contribution in [2.45, 2.75) is 90.5 Å². The van der Waals surface area contributed by atoms with E-state index < -0.39 is 65.6 Å². The summed E-state index contributed by atoms with van der Waals surface area (Å²) >= 11 is 0. The van der Waals surface area contributed by atoms with Crippen LogP contribution in [0.25, 0.3) is 33.0 Å². The molecule has 4 rings (SSSR count). The lowest BCUT2D eigenvalue weighted by Crippen LogP contribution is -2.22. The van der Waals surface area contributed by atoms with Crippen LogP contribution in [-0.2, 0) is 47.7 Å². The van der Waals surface area contributed by atoms with Crippen LogP contribution in [0.4, 0.5) is 17.6 Å². The van der Waals surface area contributed by atoms with Crippen LogP contribution in [-0.4, -0.2) is 67.4 Å². The van der Waals surface area contributed by atoms with E-state index in [-0.39, 0.29) is 68.8 Å². The van der Waals surface area contributed by atoms with Gasteiger partial charge < -0.3 is 28.4 Å². The molecule has 0 amide bonds. The minimum absolute atomic E-state index is 0.0191. The Morgan fingerprint density at radius 2 is 1.03 bits per heavy atom. The van der Waals surface area contributed by atoms with E-state index in [0.717, 1.165) is 28.0 Å². The zero-order valence-corrected chi connectivity index (χ0v) is 35.6. The third-order valence-electron chi connectivity index (χ3n) is 9.39. The summed E-state index contributed by atoms with van der Waals surface area (Å²) in [5.41, 5.74) is 1.26. The lowest BCUT2D eigenvalue weighted by atomic mass is 9.98. The van der Waals surface area contributed by atoms with Gasteiger partial charge in [0.1, 0.15) is 22.9 Å². The molecule has 4 aromatic carbocycles. The smallest absolute Gasteiger partial charge is 0.422 e. The maximum atomic E-state index is 15.2. The molecule has 340 valence electrons. The van der Waals surface area contributed by atoms with Crippen LogP contribution in [0.3, 0.4) is 0 Å². The second-order valence-corrected chi connectivity index (χ2v) is 14.8. The van der Waals surface area contributed by atoms with E-state index in [9.17, 15) is 41.9 Å². The lowest BCUT2D eigenvalue weighted by molar-refractivity contribution is -0.153. The Hall–Kier alpha value is -6.84. The number of carbonyl (C=O) groups excluding carboxylic acids is 6. The van der Waals surface area contributed by atoms with Gasteiger partial charge in [-0.1, -0.05) is 55.6 Å². The molecule has 0 N–H and O–H groups in total. The summed E-state index contributed by atoms with van der Waals surface area (Å²) < 4.78 is 83.4. The molecule has 0 radical (unpaired) electrons. The lowest BCUT2D eigenvalue weighted by Gasteiger charge is -2.14. The van der Waals surface area contributed by atoms with Crippen LogP contribution < -0.4 is 9.47 Å². The molecule has 2 atom stereocenters. The van der Waals surface area contributed by atoms with Crippen molar-refractivity contribution in [3.63, 3.8) is 0 Å². The van der Waals surface area contributed by atoms with E-state index in [4.69, 9.17) is 23.7 Å². The van der Waals surface area contributed by atoms with Crippen LogP contribution in [0.15, 0.2) is 103 Å². The van der Waals surface area contributed by atoms with Gasteiger partial charge in [0.15, 0.2) is 0 Å². The first-order chi connectivity index (χ1) is 30.3. The largest absolute Gasteiger partial charge is 0.463 e. The minimum Gasteiger partial charge on any atom is -0.463 e. The molecule has 64 heavy (non-hydrogen) atoms. The molecule has 0 heterocycles. The number of hydrogen-bond donors (Lipinski definition) is 0. The van der Waals surface area contributed by atoms with Crippen LogP contribution in [0.1, 0.15) is 72.1 Å². The number of alkyl halides is 3. The highest BCUT2D eigenvalue weighted by molar-refractivity contribution is 5.90. The molecule has 0 fully saturated rings. The standard InChI is InChI=1S/C48H48F4O12/c1-29(2)46(57)59-24-6-8-30(3)61-43(54)21-23-45(56)64-39-18-19-40(41(49)28-39)34-12-10-33(11-13-34)35-14-15-37-27-38(17-16-36(37)26-35)63-44(55)22-20-42(53)62-31(4)9-7-25-60-47(58)32(5)48(50,51)52/h10-19,26-28,30-31H,1,5-9,20-25H2,2-4H3. The summed E-state index contributed by atoms with van der Waals surface area (Å²) in [4.78, 5) is 72.1. The molecule has 0 aliphatic heterocycles. The number of benzene rings is 4. The van der Waals surface area contributed by atoms with Crippen molar-refractivity contribution in [1.82, 2.24) is 0 Å². The van der Waals surface area contributed by atoms with Crippen LogP contribution in [0.5, 0.6) is 11.5 Å². The van der Waals surface area contributed by atoms with Gasteiger partial charge in [-0.05, 0) is 104 Å². The predicted octanol–water partition coefficient (Wildman–Crippen LogP) is 9.89. The Kier molecular flexibility index (Phi) is 18.3. The highest BCUT2D eigenvalue weighted by Crippen LogP contribution is 2.31. The predicted molar refractivity (Wildman–Crippen MR) is 226 cm³/mol. The van der Waals surface area contributed by atoms with Crippen LogP contribution in [0.2, 0.25) is 0 Å². The van der Waals surface area contributed by atoms with Gasteiger partial charge >= 0.3 is 42.0 Å². The monoisotopic (exact) mass is 892 g/mol. The van der Waals surface area contributed by atoms with Crippen molar-refractivity contribution < 1.29 is 74.8 Å². The molecule has 0 spiro atoms. The highest BCUT2D eigenvalue weighted by Gasteiger charge is 2.38. The van der Waals surface area contributed by atoms with Crippen molar-refractivity contribution in [2.24, 2.45) is 0 Å². The molecule has 0 aliphatic rings. The van der Waals surface area contributed by atoms with Gasteiger partial charge in [-0.25, -0.2) is 14.0 Å². The van der Waals surface area contributed by atoms with E-state index in [1.165, 1.54) is 12.1 Å². The fourth-order valence-electron chi connectivity index (χ4n) is 5.96. The maximum Gasteiger partial charge on any atom is 0.422 e. The zero-order valence-electron chi connectivity index (χ0n) is 35.6. The van der Waals surface area contributed by atoms with Crippen LogP contribution >= 0.6 is 0 Å². The van der Waals surface area contributed by atoms with Crippen molar-refractivity contribution in [1.29, 1.82) is 0 Å². The maximum absolute atomic E-state index is 15.2. The van der Waals surface area contributed by atoms with Gasteiger partial charge in [-0.3, -0.25) is 19.2 Å². The highest BCUT2D eigenvalue weighted by atomic mass is 19.4. The molecule has 4 aromatic rings. The Bertz CT molecular complexity index is 2350. The van der Waals surface area contributed by atoms with Crippen molar-refractivity contribution in [3.05, 3.63) is 109 Å². The first kappa shape index (κ1) is 49.8. The quantitative estimate of drug-likeness (QED) is 0.0184. The van der Waals surface area contributed by atoms with Crippen molar-refractivity contribution >= 4 is 46.6 Å². The number of fused-ring (bicyclic) bond motifs is 1. The molecule has 0 aromatic heterocycles. The average molecular weight is 893 g/mol. The number of hydrogen-bond acceptors (Lipinski definition) is 12. The molecule has 0 saturated carbocycles. The molecule has 0 aliphatic carbocycles. The summed E-state index contributed by atoms with van der Waals surface area (Å²) in [6.07, 6.45) is -5.74. The third kappa shape index (κ3) is 16.1. The van der Waals surface area contributed by atoms with Crippen molar-refractivity contribution in [2.75, 3.05) is 13.2 Å². The first-order valence-corrected chi connectivity index (χ1v) is 20.3. The molecule has 2 unspecified atom stereocenters. The second-order valence-electron chi connectivity index (χ2n) is 14.8. The SMILES string of the molecule is C=C(C)C(=O)OCCCC(C)OC(=O)CCC(=O)Oc1ccc(-c2ccc(-c3ccc4cc(OC(=O)CCC(=O)OC(C)CCCOC(=O)C(=C)C(F)(F)F)ccc4c3)cc2)c(F)c1. The summed E-state index contributed by atoms with van der Waals surface area (Å²) in [7, 11) is 0. The molecule has 16 heteroatoms. The Balaban J connectivity index is 1.20. The van der Waals surface area contributed by atoms with Gasteiger partial charge in [-0.15, -0.1) is 0 Å². The number of esters is 6. The summed E-state index contributed by atoms with van der Waals surface area (Å²) in [5, 5.41) is 1.62. The average Bonchev–Trinajstić information content (AvgIpc) is 3.24. The Labute approximate surface area is 367 Å². The van der Waals surface area contributed by atoms with E-state index in [2.05, 4.69) is 17.9 Å². The third-order valence-corrected chi connectivity index (χ3v) is 9.39. The summed E-state index contributed by atoms with van der Waals surface area (Å²) in [6.45, 7) is 10.8. The second kappa shape index (κ2) is 23.6. The number of ether oxygens (including phenoxy) is 6. The molecular weight excluding hydrogens is 845 g/mol. The fourth-order valence-corrected chi connectivity index (χ4v) is 5.96. The van der Waals surface area contributed by atoms with Gasteiger partial charge in [0.25, 0.3) is 0 Å². The topological polar surface area (TPSA) is 158 Å². The number of halogens is 4. The normalized spacial score (nSPS) is 12.0. The van der Waals surface area contributed by atoms with Gasteiger partial charge in [0, 0.05) is 17.2 Å². The van der Waals surface area contributed by atoms with E-state index >= 15 is 4.39 Å².